The number of rotatable bonds is 5. The summed E-state index contributed by atoms with van der Waals surface area (Å²) in [5.41, 5.74) is 12.5. The lowest BCUT2D eigenvalue weighted by atomic mass is 10.0. The third kappa shape index (κ3) is 4.48. The van der Waals surface area contributed by atoms with Crippen molar-refractivity contribution in [3.63, 3.8) is 0 Å². The van der Waals surface area contributed by atoms with Gasteiger partial charge in [-0.25, -0.2) is 4.98 Å². The zero-order valence-corrected chi connectivity index (χ0v) is 27.2. The number of fused-ring (bicyclic) bond motifs is 7. The van der Waals surface area contributed by atoms with Gasteiger partial charge in [-0.05, 0) is 70.8 Å². The maximum Gasteiger partial charge on any atom is 0.138 e. The highest BCUT2D eigenvalue weighted by molar-refractivity contribution is 6.28. The quantitative estimate of drug-likeness (QED) is 0.184. The van der Waals surface area contributed by atoms with Crippen LogP contribution in [0.15, 0.2) is 188 Å². The fourth-order valence-corrected chi connectivity index (χ4v) is 7.68. The zero-order valence-electron chi connectivity index (χ0n) is 27.2. The third-order valence-corrected chi connectivity index (χ3v) is 9.90. The monoisotopic (exact) mass is 637 g/mol. The SMILES string of the molecule is c1ccc(-c2cccc(-n3c4ccccc4c4c5c6ccccc6n(-c6cc(-c7ccccc7)cc(-c7ccccc7)n6)c5ccc43)c2)cc1. The summed E-state index contributed by atoms with van der Waals surface area (Å²) in [5, 5.41) is 4.93. The average Bonchev–Trinajstić information content (AvgIpc) is 3.72. The lowest BCUT2D eigenvalue weighted by Gasteiger charge is -2.13. The van der Waals surface area contributed by atoms with Crippen LogP contribution >= 0.6 is 0 Å². The second-order valence-electron chi connectivity index (χ2n) is 12.8. The molecule has 0 radical (unpaired) electrons. The fourth-order valence-electron chi connectivity index (χ4n) is 7.68. The van der Waals surface area contributed by atoms with E-state index in [9.17, 15) is 0 Å². The van der Waals surface area contributed by atoms with E-state index in [2.05, 4.69) is 197 Å². The Kier molecular flexibility index (Phi) is 6.49. The first-order valence-corrected chi connectivity index (χ1v) is 17.1. The van der Waals surface area contributed by atoms with Crippen LogP contribution in [0.4, 0.5) is 0 Å². The molecule has 0 aliphatic heterocycles. The summed E-state index contributed by atoms with van der Waals surface area (Å²) in [5.74, 6) is 0.898. The highest BCUT2D eigenvalue weighted by Crippen LogP contribution is 2.43. The van der Waals surface area contributed by atoms with E-state index in [1.807, 2.05) is 0 Å². The second kappa shape index (κ2) is 11.5. The van der Waals surface area contributed by atoms with Crippen LogP contribution in [0.2, 0.25) is 0 Å². The van der Waals surface area contributed by atoms with E-state index in [1.54, 1.807) is 0 Å². The zero-order chi connectivity index (χ0) is 33.0. The maximum atomic E-state index is 5.36. The van der Waals surface area contributed by atoms with Gasteiger partial charge in [-0.15, -0.1) is 0 Å². The molecule has 0 atom stereocenters. The van der Waals surface area contributed by atoms with Crippen LogP contribution in [0, 0.1) is 0 Å². The molecule has 3 aromatic heterocycles. The molecular weight excluding hydrogens is 607 g/mol. The second-order valence-corrected chi connectivity index (χ2v) is 12.8. The van der Waals surface area contributed by atoms with Crippen molar-refractivity contribution < 1.29 is 0 Å². The van der Waals surface area contributed by atoms with Gasteiger partial charge in [0.25, 0.3) is 0 Å². The summed E-state index contributed by atoms with van der Waals surface area (Å²) in [4.78, 5) is 5.36. The smallest absolute Gasteiger partial charge is 0.138 e. The molecule has 50 heavy (non-hydrogen) atoms. The van der Waals surface area contributed by atoms with Gasteiger partial charge < -0.3 is 4.57 Å². The molecule has 0 saturated carbocycles. The summed E-state index contributed by atoms with van der Waals surface area (Å²) in [6.45, 7) is 0. The largest absolute Gasteiger partial charge is 0.309 e. The van der Waals surface area contributed by atoms with Crippen molar-refractivity contribution >= 4 is 43.6 Å². The molecule has 0 amide bonds. The van der Waals surface area contributed by atoms with Gasteiger partial charge in [0.05, 0.1) is 27.8 Å². The Bertz CT molecular complexity index is 2790. The summed E-state index contributed by atoms with van der Waals surface area (Å²) in [6, 6.07) is 67.2. The first kappa shape index (κ1) is 28.3. The van der Waals surface area contributed by atoms with Crippen molar-refractivity contribution in [3.05, 3.63) is 188 Å². The van der Waals surface area contributed by atoms with Crippen LogP contribution < -0.4 is 0 Å². The average molecular weight is 638 g/mol. The minimum atomic E-state index is 0.898. The van der Waals surface area contributed by atoms with E-state index >= 15 is 0 Å². The number of hydrogen-bond acceptors (Lipinski definition) is 1. The van der Waals surface area contributed by atoms with E-state index in [0.29, 0.717) is 0 Å². The molecule has 3 heteroatoms. The maximum absolute atomic E-state index is 5.36. The van der Waals surface area contributed by atoms with Crippen LogP contribution in [0.25, 0.3) is 88.6 Å². The van der Waals surface area contributed by atoms with Crippen molar-refractivity contribution in [2.45, 2.75) is 0 Å². The summed E-state index contributed by atoms with van der Waals surface area (Å²) in [6.07, 6.45) is 0. The number of hydrogen-bond donors (Lipinski definition) is 0. The van der Waals surface area contributed by atoms with Crippen LogP contribution in [0.3, 0.4) is 0 Å². The lowest BCUT2D eigenvalue weighted by Crippen LogP contribution is -2.00. The molecule has 0 bridgehead atoms. The Morgan fingerprint density at radius 3 is 1.46 bits per heavy atom. The Balaban J connectivity index is 1.28. The van der Waals surface area contributed by atoms with Crippen molar-refractivity contribution in [1.29, 1.82) is 0 Å². The molecule has 0 unspecified atom stereocenters. The van der Waals surface area contributed by atoms with E-state index in [0.717, 1.165) is 44.9 Å². The lowest BCUT2D eigenvalue weighted by molar-refractivity contribution is 1.08. The van der Waals surface area contributed by atoms with E-state index in [1.165, 1.54) is 43.7 Å². The highest BCUT2D eigenvalue weighted by Gasteiger charge is 2.21. The first-order chi connectivity index (χ1) is 24.8. The molecule has 10 rings (SSSR count). The topological polar surface area (TPSA) is 22.8 Å². The standard InChI is InChI=1S/C47H31N3/c1-4-15-32(16-5-1)35-21-14-22-37(29-35)49-41-25-12-10-23-38(41)46-43(49)27-28-44-47(46)39-24-11-13-26-42(39)50(44)45-31-36(33-17-6-2-7-18-33)30-40(48-45)34-19-8-3-9-20-34/h1-31H. The highest BCUT2D eigenvalue weighted by atomic mass is 15.1. The van der Waals surface area contributed by atoms with Gasteiger partial charge in [0.2, 0.25) is 0 Å². The fraction of sp³-hybridized carbons (Fsp3) is 0. The molecule has 3 nitrogen and oxygen atoms in total. The van der Waals surface area contributed by atoms with Crippen LogP contribution in [0.1, 0.15) is 0 Å². The molecule has 0 aliphatic rings. The Labute approximate surface area is 290 Å². The Morgan fingerprint density at radius 2 is 0.820 bits per heavy atom. The van der Waals surface area contributed by atoms with E-state index < -0.39 is 0 Å². The van der Waals surface area contributed by atoms with Gasteiger partial charge >= 0.3 is 0 Å². The molecule has 0 aliphatic carbocycles. The number of benzene rings is 7. The normalized spacial score (nSPS) is 11.6. The van der Waals surface area contributed by atoms with Gasteiger partial charge in [-0.2, -0.15) is 0 Å². The van der Waals surface area contributed by atoms with Crippen molar-refractivity contribution in [2.75, 3.05) is 0 Å². The number of pyridine rings is 1. The van der Waals surface area contributed by atoms with Gasteiger partial charge in [0.15, 0.2) is 0 Å². The molecule has 3 heterocycles. The molecular formula is C47H31N3. The molecule has 10 aromatic rings. The molecule has 0 fully saturated rings. The van der Waals surface area contributed by atoms with Crippen molar-refractivity contribution in [2.24, 2.45) is 0 Å². The minimum absolute atomic E-state index is 0.898. The van der Waals surface area contributed by atoms with Crippen LogP contribution in [0.5, 0.6) is 0 Å². The predicted octanol–water partition coefficient (Wildman–Crippen LogP) is 12.3. The van der Waals surface area contributed by atoms with Crippen LogP contribution in [-0.2, 0) is 0 Å². The third-order valence-electron chi connectivity index (χ3n) is 9.90. The molecule has 0 spiro atoms. The van der Waals surface area contributed by atoms with E-state index in [-0.39, 0.29) is 0 Å². The molecule has 234 valence electrons. The van der Waals surface area contributed by atoms with Gasteiger partial charge in [0, 0.05) is 32.8 Å². The molecule has 0 N–H and O–H groups in total. The number of para-hydroxylation sites is 2. The Hall–Kier alpha value is -6.71. The van der Waals surface area contributed by atoms with Gasteiger partial charge in [-0.1, -0.05) is 140 Å². The van der Waals surface area contributed by atoms with Crippen molar-refractivity contribution in [3.8, 4) is 45.0 Å². The molecule has 7 aromatic carbocycles. The van der Waals surface area contributed by atoms with E-state index in [4.69, 9.17) is 4.98 Å². The predicted molar refractivity (Wildman–Crippen MR) is 209 cm³/mol. The summed E-state index contributed by atoms with van der Waals surface area (Å²) < 4.78 is 4.77. The van der Waals surface area contributed by atoms with Gasteiger partial charge in [0.1, 0.15) is 5.82 Å². The number of aromatic nitrogens is 3. The number of nitrogens with zero attached hydrogens (tertiary/aromatic N) is 3. The van der Waals surface area contributed by atoms with Gasteiger partial charge in [-0.3, -0.25) is 4.57 Å². The minimum Gasteiger partial charge on any atom is -0.309 e. The molecule has 0 saturated heterocycles. The summed E-state index contributed by atoms with van der Waals surface area (Å²) >= 11 is 0. The first-order valence-electron chi connectivity index (χ1n) is 17.1. The summed E-state index contributed by atoms with van der Waals surface area (Å²) in [7, 11) is 0. The van der Waals surface area contributed by atoms with Crippen LogP contribution in [-0.4, -0.2) is 14.1 Å². The Morgan fingerprint density at radius 1 is 0.320 bits per heavy atom. The van der Waals surface area contributed by atoms with Crippen molar-refractivity contribution in [1.82, 2.24) is 14.1 Å².